The number of pyridine rings is 1. The number of nitrogens with zero attached hydrogens (tertiary/aromatic N) is 1. The molecule has 0 aliphatic heterocycles. The Morgan fingerprint density at radius 1 is 0.941 bits per heavy atom. The van der Waals surface area contributed by atoms with E-state index in [1.54, 1.807) is 0 Å². The molecular formula is C15H21NO. The second kappa shape index (κ2) is 3.59. The molecule has 2 rings (SSSR count). The predicted octanol–water partition coefficient (Wildman–Crippen LogP) is 4.42. The molecule has 2 heterocycles. The summed E-state index contributed by atoms with van der Waals surface area (Å²) < 4.78 is 5.77. The molecule has 0 aliphatic rings. The summed E-state index contributed by atoms with van der Waals surface area (Å²) in [6.45, 7) is 13.1. The van der Waals surface area contributed by atoms with Crippen molar-refractivity contribution >= 4 is 11.1 Å². The van der Waals surface area contributed by atoms with E-state index < -0.39 is 0 Å². The first-order valence-electron chi connectivity index (χ1n) is 6.08. The van der Waals surface area contributed by atoms with Crippen molar-refractivity contribution in [1.82, 2.24) is 4.98 Å². The van der Waals surface area contributed by atoms with E-state index in [0.717, 1.165) is 11.1 Å². The predicted molar refractivity (Wildman–Crippen MR) is 71.4 cm³/mol. The van der Waals surface area contributed by atoms with Gasteiger partial charge < -0.3 is 4.42 Å². The fourth-order valence-electron chi connectivity index (χ4n) is 2.06. The summed E-state index contributed by atoms with van der Waals surface area (Å²) in [7, 11) is 0. The maximum atomic E-state index is 5.77. The lowest BCUT2D eigenvalue weighted by molar-refractivity contribution is 0.541. The second-order valence-corrected chi connectivity index (χ2v) is 6.69. The third-order valence-electron chi connectivity index (χ3n) is 3.07. The van der Waals surface area contributed by atoms with Gasteiger partial charge in [0.25, 0.3) is 0 Å². The Hall–Kier alpha value is -1.31. The molecule has 0 atom stereocenters. The number of furan rings is 1. The fourth-order valence-corrected chi connectivity index (χ4v) is 2.06. The van der Waals surface area contributed by atoms with Gasteiger partial charge in [-0.25, -0.2) is 0 Å². The molecule has 2 aromatic heterocycles. The van der Waals surface area contributed by atoms with Crippen LogP contribution in [-0.2, 0) is 10.8 Å². The average Bonchev–Trinajstić information content (AvgIpc) is 2.57. The zero-order chi connectivity index (χ0) is 12.8. The van der Waals surface area contributed by atoms with Crippen LogP contribution in [0.2, 0.25) is 0 Å². The third kappa shape index (κ3) is 2.08. The third-order valence-corrected chi connectivity index (χ3v) is 3.07. The molecule has 2 heteroatoms. The van der Waals surface area contributed by atoms with Crippen molar-refractivity contribution < 1.29 is 4.42 Å². The maximum Gasteiger partial charge on any atom is 0.156 e. The van der Waals surface area contributed by atoms with Gasteiger partial charge in [-0.3, -0.25) is 4.98 Å². The minimum absolute atomic E-state index is 0.0642. The van der Waals surface area contributed by atoms with E-state index in [9.17, 15) is 0 Å². The molecule has 2 nitrogen and oxygen atoms in total. The van der Waals surface area contributed by atoms with Crippen molar-refractivity contribution in [1.29, 1.82) is 0 Å². The minimum atomic E-state index is 0.0642. The number of aromatic nitrogens is 1. The molecule has 0 saturated heterocycles. The van der Waals surface area contributed by atoms with Gasteiger partial charge in [0.15, 0.2) is 5.58 Å². The standard InChI is InChI=1S/C15H21NO/c1-14(2,3)10-7-8-16-12-11(15(4,5)6)9-17-13(10)12/h7-9H,1-6H3. The van der Waals surface area contributed by atoms with Crippen LogP contribution >= 0.6 is 0 Å². The van der Waals surface area contributed by atoms with Crippen LogP contribution in [0.5, 0.6) is 0 Å². The molecular weight excluding hydrogens is 210 g/mol. The second-order valence-electron chi connectivity index (χ2n) is 6.69. The van der Waals surface area contributed by atoms with Crippen LogP contribution in [0.1, 0.15) is 52.7 Å². The fraction of sp³-hybridized carbons (Fsp3) is 0.533. The highest BCUT2D eigenvalue weighted by Crippen LogP contribution is 2.35. The minimum Gasteiger partial charge on any atom is -0.462 e. The SMILES string of the molecule is CC(C)(C)c1coc2c(C(C)(C)C)ccnc12. The smallest absolute Gasteiger partial charge is 0.156 e. The first kappa shape index (κ1) is 12.2. The molecule has 0 radical (unpaired) electrons. The van der Waals surface area contributed by atoms with Crippen LogP contribution in [0, 0.1) is 0 Å². The van der Waals surface area contributed by atoms with Crippen LogP contribution in [0.25, 0.3) is 11.1 Å². The van der Waals surface area contributed by atoms with Gasteiger partial charge in [-0.1, -0.05) is 41.5 Å². The molecule has 0 spiro atoms. The Kier molecular flexibility index (Phi) is 2.57. The van der Waals surface area contributed by atoms with Crippen molar-refractivity contribution in [3.05, 3.63) is 29.7 Å². The average molecular weight is 231 g/mol. The summed E-state index contributed by atoms with van der Waals surface area (Å²) in [6, 6.07) is 2.05. The van der Waals surface area contributed by atoms with E-state index in [1.165, 1.54) is 11.1 Å². The normalized spacial score (nSPS) is 13.3. The van der Waals surface area contributed by atoms with Crippen LogP contribution in [-0.4, -0.2) is 4.98 Å². The van der Waals surface area contributed by atoms with Crippen LogP contribution in [0.4, 0.5) is 0 Å². The Morgan fingerprint density at radius 2 is 1.53 bits per heavy atom. The molecule has 17 heavy (non-hydrogen) atoms. The van der Waals surface area contributed by atoms with Gasteiger partial charge in [0, 0.05) is 17.3 Å². The first-order chi connectivity index (χ1) is 7.71. The molecule has 0 N–H and O–H groups in total. The van der Waals surface area contributed by atoms with Crippen LogP contribution < -0.4 is 0 Å². The van der Waals surface area contributed by atoms with E-state index in [2.05, 4.69) is 52.6 Å². The van der Waals surface area contributed by atoms with E-state index in [-0.39, 0.29) is 10.8 Å². The summed E-state index contributed by atoms with van der Waals surface area (Å²) in [5.74, 6) is 0. The highest BCUT2D eigenvalue weighted by molar-refractivity contribution is 5.81. The van der Waals surface area contributed by atoms with Gasteiger partial charge in [-0.2, -0.15) is 0 Å². The molecule has 0 saturated carbocycles. The Balaban J connectivity index is 2.74. The summed E-state index contributed by atoms with van der Waals surface area (Å²) in [5, 5.41) is 0. The lowest BCUT2D eigenvalue weighted by atomic mass is 9.84. The van der Waals surface area contributed by atoms with Crippen molar-refractivity contribution in [2.45, 2.75) is 52.4 Å². The van der Waals surface area contributed by atoms with Gasteiger partial charge in [0.1, 0.15) is 5.52 Å². The zero-order valence-corrected chi connectivity index (χ0v) is 11.6. The molecule has 0 unspecified atom stereocenters. The van der Waals surface area contributed by atoms with Crippen molar-refractivity contribution in [2.24, 2.45) is 0 Å². The van der Waals surface area contributed by atoms with Crippen molar-refractivity contribution in [2.75, 3.05) is 0 Å². The molecule has 0 amide bonds. The van der Waals surface area contributed by atoms with E-state index in [1.807, 2.05) is 12.5 Å². The summed E-state index contributed by atoms with van der Waals surface area (Å²) in [4.78, 5) is 4.49. The monoisotopic (exact) mass is 231 g/mol. The molecule has 92 valence electrons. The van der Waals surface area contributed by atoms with Crippen molar-refractivity contribution in [3.8, 4) is 0 Å². The van der Waals surface area contributed by atoms with Gasteiger partial charge >= 0.3 is 0 Å². The summed E-state index contributed by atoms with van der Waals surface area (Å²) in [5.41, 5.74) is 4.48. The van der Waals surface area contributed by atoms with E-state index >= 15 is 0 Å². The van der Waals surface area contributed by atoms with Gasteiger partial charge in [0.2, 0.25) is 0 Å². The number of fused-ring (bicyclic) bond motifs is 1. The largest absolute Gasteiger partial charge is 0.462 e. The first-order valence-corrected chi connectivity index (χ1v) is 6.08. The molecule has 0 aliphatic carbocycles. The van der Waals surface area contributed by atoms with Gasteiger partial charge in [0.05, 0.1) is 6.26 Å². The Morgan fingerprint density at radius 3 is 2.06 bits per heavy atom. The zero-order valence-electron chi connectivity index (χ0n) is 11.6. The lowest BCUT2D eigenvalue weighted by Gasteiger charge is -2.19. The Labute approximate surface area is 103 Å². The summed E-state index contributed by atoms with van der Waals surface area (Å²) in [6.07, 6.45) is 3.74. The van der Waals surface area contributed by atoms with Crippen LogP contribution in [0.15, 0.2) is 22.9 Å². The highest BCUT2D eigenvalue weighted by atomic mass is 16.3. The van der Waals surface area contributed by atoms with Crippen molar-refractivity contribution in [3.63, 3.8) is 0 Å². The maximum absolute atomic E-state index is 5.77. The number of hydrogen-bond acceptors (Lipinski definition) is 2. The topological polar surface area (TPSA) is 26.0 Å². The van der Waals surface area contributed by atoms with Gasteiger partial charge in [-0.05, 0) is 16.9 Å². The number of rotatable bonds is 0. The molecule has 2 aromatic rings. The Bertz CT molecular complexity index is 538. The quantitative estimate of drug-likeness (QED) is 0.670. The van der Waals surface area contributed by atoms with Gasteiger partial charge in [-0.15, -0.1) is 0 Å². The van der Waals surface area contributed by atoms with E-state index in [4.69, 9.17) is 4.42 Å². The molecule has 0 aromatic carbocycles. The highest BCUT2D eigenvalue weighted by Gasteiger charge is 2.25. The van der Waals surface area contributed by atoms with Crippen LogP contribution in [0.3, 0.4) is 0 Å². The molecule has 0 fully saturated rings. The molecule has 0 bridgehead atoms. The summed E-state index contributed by atoms with van der Waals surface area (Å²) >= 11 is 0. The lowest BCUT2D eigenvalue weighted by Crippen LogP contribution is -2.13. The van der Waals surface area contributed by atoms with E-state index in [0.29, 0.717) is 0 Å². The number of hydrogen-bond donors (Lipinski definition) is 0.